The van der Waals surface area contributed by atoms with Crippen molar-refractivity contribution in [1.29, 1.82) is 0 Å². The molecule has 0 spiro atoms. The summed E-state index contributed by atoms with van der Waals surface area (Å²) in [5.41, 5.74) is 8.09. The number of hydrogen-bond donors (Lipinski definition) is 3. The highest BCUT2D eigenvalue weighted by atomic mass is 32.3. The van der Waals surface area contributed by atoms with Crippen LogP contribution in [0.3, 0.4) is 0 Å². The van der Waals surface area contributed by atoms with Crippen LogP contribution in [-0.2, 0) is 10.4 Å². The summed E-state index contributed by atoms with van der Waals surface area (Å²) in [6.07, 6.45) is 5.33. The van der Waals surface area contributed by atoms with E-state index in [4.69, 9.17) is 23.3 Å². The Morgan fingerprint density at radius 2 is 1.47 bits per heavy atom. The molecule has 1 saturated heterocycles. The minimum Gasteiger partial charge on any atom is -0.397 e. The molecule has 1 heterocycles. The Labute approximate surface area is 113 Å². The number of hydrogen-bond acceptors (Lipinski definition) is 4. The summed E-state index contributed by atoms with van der Waals surface area (Å²) in [6.45, 7) is 2.32. The zero-order valence-corrected chi connectivity index (χ0v) is 11.5. The van der Waals surface area contributed by atoms with E-state index in [1.807, 2.05) is 12.1 Å². The van der Waals surface area contributed by atoms with Gasteiger partial charge in [-0.1, -0.05) is 25.0 Å². The Morgan fingerprint density at radius 1 is 1.00 bits per heavy atom. The number of rotatable bonds is 1. The zero-order valence-electron chi connectivity index (χ0n) is 10.7. The van der Waals surface area contributed by atoms with Crippen LogP contribution in [-0.4, -0.2) is 30.6 Å². The number of nitrogen functional groups attached to an aromatic ring is 1. The van der Waals surface area contributed by atoms with E-state index in [2.05, 4.69) is 17.0 Å². The lowest BCUT2D eigenvalue weighted by Crippen LogP contribution is -2.24. The SMILES string of the molecule is Nc1ccccc1N1CCCCCC1.O=S(=O)(O)O. The highest BCUT2D eigenvalue weighted by Crippen LogP contribution is 2.24. The second-order valence-electron chi connectivity index (χ2n) is 4.41. The summed E-state index contributed by atoms with van der Waals surface area (Å²) < 4.78 is 31.6. The fourth-order valence-corrected chi connectivity index (χ4v) is 2.09. The molecule has 0 bridgehead atoms. The predicted molar refractivity (Wildman–Crippen MR) is 75.7 cm³/mol. The Bertz CT molecular complexity index is 474. The van der Waals surface area contributed by atoms with Gasteiger partial charge in [-0.3, -0.25) is 9.11 Å². The van der Waals surface area contributed by atoms with E-state index in [0.717, 1.165) is 18.8 Å². The van der Waals surface area contributed by atoms with Crippen molar-refractivity contribution in [2.75, 3.05) is 23.7 Å². The van der Waals surface area contributed by atoms with Crippen molar-refractivity contribution in [3.8, 4) is 0 Å². The number of nitrogens with two attached hydrogens (primary N) is 1. The van der Waals surface area contributed by atoms with E-state index in [1.54, 1.807) is 0 Å². The lowest BCUT2D eigenvalue weighted by Gasteiger charge is -2.23. The maximum atomic E-state index is 8.74. The first-order chi connectivity index (χ1) is 8.88. The molecule has 1 aliphatic heterocycles. The van der Waals surface area contributed by atoms with Gasteiger partial charge in [-0.15, -0.1) is 0 Å². The van der Waals surface area contributed by atoms with Gasteiger partial charge in [-0.2, -0.15) is 8.42 Å². The van der Waals surface area contributed by atoms with Crippen molar-refractivity contribution in [3.05, 3.63) is 24.3 Å². The Kier molecular flexibility index (Phi) is 6.07. The van der Waals surface area contributed by atoms with E-state index >= 15 is 0 Å². The third-order valence-corrected chi connectivity index (χ3v) is 2.88. The number of nitrogens with zero attached hydrogens (tertiary/aromatic N) is 1. The maximum absolute atomic E-state index is 8.74. The number of para-hydroxylation sites is 2. The van der Waals surface area contributed by atoms with Gasteiger partial charge in [0.05, 0.1) is 11.4 Å². The molecule has 0 atom stereocenters. The van der Waals surface area contributed by atoms with Crippen molar-refractivity contribution < 1.29 is 17.5 Å². The van der Waals surface area contributed by atoms with Crippen molar-refractivity contribution in [2.45, 2.75) is 25.7 Å². The van der Waals surface area contributed by atoms with Crippen LogP contribution in [0.1, 0.15) is 25.7 Å². The van der Waals surface area contributed by atoms with Gasteiger partial charge in [0.25, 0.3) is 0 Å². The van der Waals surface area contributed by atoms with Crippen LogP contribution in [0.25, 0.3) is 0 Å². The molecule has 7 heteroatoms. The first kappa shape index (κ1) is 15.7. The minimum atomic E-state index is -4.67. The van der Waals surface area contributed by atoms with E-state index in [9.17, 15) is 0 Å². The van der Waals surface area contributed by atoms with Crippen LogP contribution in [0.5, 0.6) is 0 Å². The van der Waals surface area contributed by atoms with E-state index < -0.39 is 10.4 Å². The number of benzene rings is 1. The Hall–Kier alpha value is -1.31. The molecule has 1 aromatic carbocycles. The smallest absolute Gasteiger partial charge is 0.394 e. The van der Waals surface area contributed by atoms with Crippen molar-refractivity contribution in [3.63, 3.8) is 0 Å². The summed E-state index contributed by atoms with van der Waals surface area (Å²) in [5, 5.41) is 0. The van der Waals surface area contributed by atoms with Crippen LogP contribution >= 0.6 is 0 Å². The summed E-state index contributed by atoms with van der Waals surface area (Å²) in [6, 6.07) is 8.17. The lowest BCUT2D eigenvalue weighted by atomic mass is 10.2. The molecule has 0 unspecified atom stereocenters. The molecular formula is C12H20N2O4S. The fourth-order valence-electron chi connectivity index (χ4n) is 2.09. The quantitative estimate of drug-likeness (QED) is 0.539. The van der Waals surface area contributed by atoms with Crippen LogP contribution in [0.15, 0.2) is 24.3 Å². The first-order valence-electron chi connectivity index (χ1n) is 6.17. The molecule has 19 heavy (non-hydrogen) atoms. The average Bonchev–Trinajstić information content (AvgIpc) is 2.56. The van der Waals surface area contributed by atoms with Gasteiger partial charge in [-0.25, -0.2) is 0 Å². The molecule has 2 rings (SSSR count). The fraction of sp³-hybridized carbons (Fsp3) is 0.500. The van der Waals surface area contributed by atoms with Gasteiger partial charge in [0, 0.05) is 13.1 Å². The van der Waals surface area contributed by atoms with Gasteiger partial charge in [0.2, 0.25) is 0 Å². The highest BCUT2D eigenvalue weighted by Gasteiger charge is 2.11. The third-order valence-electron chi connectivity index (χ3n) is 2.88. The normalized spacial score (nSPS) is 16.2. The lowest BCUT2D eigenvalue weighted by molar-refractivity contribution is 0.381. The van der Waals surface area contributed by atoms with Gasteiger partial charge in [0.15, 0.2) is 0 Å². The molecule has 108 valence electrons. The summed E-state index contributed by atoms with van der Waals surface area (Å²) in [4.78, 5) is 2.42. The Balaban J connectivity index is 0.000000312. The molecule has 1 fully saturated rings. The second-order valence-corrected chi connectivity index (χ2v) is 5.30. The van der Waals surface area contributed by atoms with E-state index in [0.29, 0.717) is 0 Å². The molecule has 1 aliphatic rings. The molecule has 0 aliphatic carbocycles. The van der Waals surface area contributed by atoms with E-state index in [-0.39, 0.29) is 0 Å². The molecule has 6 nitrogen and oxygen atoms in total. The standard InChI is InChI=1S/C12H18N2.H2O4S/c13-11-7-3-4-8-12(11)14-9-5-1-2-6-10-14;1-5(2,3)4/h3-4,7-8H,1-2,5-6,9-10,13H2;(H2,1,2,3,4). The van der Waals surface area contributed by atoms with Crippen LogP contribution in [0.2, 0.25) is 0 Å². The summed E-state index contributed by atoms with van der Waals surface area (Å²) in [5.74, 6) is 0. The van der Waals surface area contributed by atoms with Gasteiger partial charge < -0.3 is 10.6 Å². The molecule has 1 aromatic rings. The topological polar surface area (TPSA) is 104 Å². The molecular weight excluding hydrogens is 268 g/mol. The third kappa shape index (κ3) is 7.00. The molecule has 0 aromatic heterocycles. The largest absolute Gasteiger partial charge is 0.397 e. The average molecular weight is 288 g/mol. The van der Waals surface area contributed by atoms with Crippen molar-refractivity contribution >= 4 is 21.8 Å². The van der Waals surface area contributed by atoms with Crippen molar-refractivity contribution in [2.24, 2.45) is 0 Å². The second kappa shape index (κ2) is 7.32. The van der Waals surface area contributed by atoms with Gasteiger partial charge in [-0.05, 0) is 25.0 Å². The molecule has 0 amide bonds. The monoisotopic (exact) mass is 288 g/mol. The van der Waals surface area contributed by atoms with Crippen LogP contribution in [0, 0.1) is 0 Å². The van der Waals surface area contributed by atoms with Gasteiger partial charge >= 0.3 is 10.4 Å². The zero-order chi connectivity index (χ0) is 14.3. The highest BCUT2D eigenvalue weighted by molar-refractivity contribution is 7.79. The molecule has 0 saturated carbocycles. The minimum absolute atomic E-state index is 0.911. The van der Waals surface area contributed by atoms with E-state index in [1.165, 1.54) is 31.4 Å². The van der Waals surface area contributed by atoms with Crippen molar-refractivity contribution in [1.82, 2.24) is 0 Å². The molecule has 4 N–H and O–H groups in total. The first-order valence-corrected chi connectivity index (χ1v) is 7.57. The Morgan fingerprint density at radius 3 is 1.95 bits per heavy atom. The molecule has 0 radical (unpaired) electrons. The summed E-state index contributed by atoms with van der Waals surface area (Å²) >= 11 is 0. The van der Waals surface area contributed by atoms with Crippen LogP contribution < -0.4 is 10.6 Å². The van der Waals surface area contributed by atoms with Gasteiger partial charge in [0.1, 0.15) is 0 Å². The maximum Gasteiger partial charge on any atom is 0.394 e. The number of anilines is 2. The summed E-state index contributed by atoms with van der Waals surface area (Å²) in [7, 11) is -4.67. The van der Waals surface area contributed by atoms with Crippen LogP contribution in [0.4, 0.5) is 11.4 Å². The predicted octanol–water partition coefficient (Wildman–Crippen LogP) is 2.00.